The molecule has 1 aromatic carbocycles. The highest BCUT2D eigenvalue weighted by molar-refractivity contribution is 5.82. The van der Waals surface area contributed by atoms with Crippen LogP contribution in [0.2, 0.25) is 0 Å². The van der Waals surface area contributed by atoms with Crippen molar-refractivity contribution in [3.05, 3.63) is 70.8 Å². The molecular weight excluding hydrogens is 308 g/mol. The van der Waals surface area contributed by atoms with Gasteiger partial charge in [-0.25, -0.2) is 9.97 Å². The minimum Gasteiger partial charge on any atom is -0.393 e. The fraction of sp³-hybridized carbons (Fsp3) is 0.0625. The van der Waals surface area contributed by atoms with E-state index in [0.29, 0.717) is 12.2 Å². The minimum atomic E-state index is -0.524. The number of rotatable bonds is 5. The van der Waals surface area contributed by atoms with Crippen LogP contribution in [-0.4, -0.2) is 19.9 Å². The van der Waals surface area contributed by atoms with Gasteiger partial charge in [0.25, 0.3) is 0 Å². The van der Waals surface area contributed by atoms with E-state index in [-0.39, 0.29) is 22.8 Å². The zero-order valence-corrected chi connectivity index (χ0v) is 12.6. The predicted molar refractivity (Wildman–Crippen MR) is 90.1 cm³/mol. The third-order valence-corrected chi connectivity index (χ3v) is 3.33. The molecule has 0 spiro atoms. The summed E-state index contributed by atoms with van der Waals surface area (Å²) in [5, 5.41) is 14.5. The van der Waals surface area contributed by atoms with Gasteiger partial charge in [0, 0.05) is 24.3 Å². The molecule has 0 aliphatic carbocycles. The molecule has 0 amide bonds. The first kappa shape index (κ1) is 15.3. The lowest BCUT2D eigenvalue weighted by Crippen LogP contribution is -2.05. The second kappa shape index (κ2) is 6.69. The Morgan fingerprint density at radius 2 is 1.83 bits per heavy atom. The summed E-state index contributed by atoms with van der Waals surface area (Å²) in [6.45, 7) is 0.465. The Kier molecular flexibility index (Phi) is 4.28. The molecule has 3 aromatic rings. The summed E-state index contributed by atoms with van der Waals surface area (Å²) in [7, 11) is 0. The van der Waals surface area contributed by atoms with Crippen LogP contribution >= 0.6 is 0 Å². The normalized spacial score (nSPS) is 10.3. The number of aromatic nitrogens is 3. The van der Waals surface area contributed by atoms with Gasteiger partial charge in [-0.1, -0.05) is 6.07 Å². The Hall–Kier alpha value is -3.55. The van der Waals surface area contributed by atoms with Crippen LogP contribution in [0.25, 0.3) is 11.4 Å². The molecule has 8 nitrogen and oxygen atoms in total. The summed E-state index contributed by atoms with van der Waals surface area (Å²) in [5.74, 6) is 0.248. The molecule has 8 heteroatoms. The minimum absolute atomic E-state index is 0.0495. The molecule has 2 aromatic heterocycles. The summed E-state index contributed by atoms with van der Waals surface area (Å²) >= 11 is 0. The number of hydrogen-bond acceptors (Lipinski definition) is 7. The van der Waals surface area contributed by atoms with E-state index in [1.165, 1.54) is 18.5 Å². The maximum absolute atomic E-state index is 11.3. The van der Waals surface area contributed by atoms with Gasteiger partial charge in [-0.05, 0) is 30.3 Å². The quantitative estimate of drug-likeness (QED) is 0.421. The van der Waals surface area contributed by atoms with Gasteiger partial charge < -0.3 is 11.1 Å². The van der Waals surface area contributed by atoms with Crippen LogP contribution in [0.3, 0.4) is 0 Å². The Bertz CT molecular complexity index is 855. The molecule has 2 heterocycles. The molecule has 0 aliphatic heterocycles. The van der Waals surface area contributed by atoms with E-state index >= 15 is 0 Å². The van der Waals surface area contributed by atoms with E-state index in [1.54, 1.807) is 18.3 Å². The SMILES string of the molecule is Nc1cc(NCc2ccccn2)cc(-c2ncccn2)c1[N+](=O)[O-]. The summed E-state index contributed by atoms with van der Waals surface area (Å²) in [5.41, 5.74) is 7.46. The second-order valence-corrected chi connectivity index (χ2v) is 4.97. The molecule has 0 unspecified atom stereocenters. The molecule has 0 bridgehead atoms. The van der Waals surface area contributed by atoms with E-state index in [2.05, 4.69) is 20.3 Å². The maximum Gasteiger partial charge on any atom is 0.303 e. The third kappa shape index (κ3) is 3.27. The molecule has 3 N–H and O–H groups in total. The van der Waals surface area contributed by atoms with Crippen molar-refractivity contribution in [1.82, 2.24) is 15.0 Å². The molecule has 0 atom stereocenters. The number of anilines is 2. The first-order valence-corrected chi connectivity index (χ1v) is 7.14. The highest BCUT2D eigenvalue weighted by atomic mass is 16.6. The van der Waals surface area contributed by atoms with Crippen LogP contribution < -0.4 is 11.1 Å². The number of hydrogen-bond donors (Lipinski definition) is 2. The van der Waals surface area contributed by atoms with E-state index in [1.807, 2.05) is 18.2 Å². The van der Waals surface area contributed by atoms with Gasteiger partial charge in [0.2, 0.25) is 0 Å². The molecule has 120 valence electrons. The van der Waals surface area contributed by atoms with Crippen molar-refractivity contribution in [3.8, 4) is 11.4 Å². The zero-order valence-electron chi connectivity index (χ0n) is 12.6. The molecule has 0 saturated heterocycles. The number of nitrogens with zero attached hydrogens (tertiary/aromatic N) is 4. The number of pyridine rings is 1. The van der Waals surface area contributed by atoms with Gasteiger partial charge in [0.05, 0.1) is 17.2 Å². The van der Waals surface area contributed by atoms with Gasteiger partial charge in [-0.2, -0.15) is 0 Å². The molecular formula is C16H14N6O2. The number of nitrogens with one attached hydrogen (secondary N) is 1. The summed E-state index contributed by atoms with van der Waals surface area (Å²) < 4.78 is 0. The summed E-state index contributed by atoms with van der Waals surface area (Å²) in [4.78, 5) is 23.2. The lowest BCUT2D eigenvalue weighted by atomic mass is 10.1. The number of nitro groups is 1. The Balaban J connectivity index is 1.97. The van der Waals surface area contributed by atoms with Gasteiger partial charge in [0.15, 0.2) is 5.82 Å². The van der Waals surface area contributed by atoms with Crippen LogP contribution in [0.5, 0.6) is 0 Å². The van der Waals surface area contributed by atoms with Crippen LogP contribution in [0, 0.1) is 10.1 Å². The summed E-state index contributed by atoms with van der Waals surface area (Å²) in [6, 6.07) is 10.4. The number of benzene rings is 1. The smallest absolute Gasteiger partial charge is 0.303 e. The predicted octanol–water partition coefficient (Wildman–Crippen LogP) is 2.64. The number of nitro benzene ring substituents is 1. The highest BCUT2D eigenvalue weighted by Gasteiger charge is 2.22. The van der Waals surface area contributed by atoms with E-state index in [0.717, 1.165) is 5.69 Å². The average Bonchev–Trinajstić information content (AvgIpc) is 2.60. The Labute approximate surface area is 137 Å². The van der Waals surface area contributed by atoms with Crippen molar-refractivity contribution in [2.45, 2.75) is 6.54 Å². The maximum atomic E-state index is 11.3. The summed E-state index contributed by atoms with van der Waals surface area (Å²) in [6.07, 6.45) is 4.75. The van der Waals surface area contributed by atoms with Gasteiger partial charge in [0.1, 0.15) is 11.3 Å². The van der Waals surface area contributed by atoms with Crippen LogP contribution in [-0.2, 0) is 6.54 Å². The molecule has 0 radical (unpaired) electrons. The molecule has 24 heavy (non-hydrogen) atoms. The zero-order chi connectivity index (χ0) is 16.9. The second-order valence-electron chi connectivity index (χ2n) is 4.97. The van der Waals surface area contributed by atoms with Crippen molar-refractivity contribution in [2.75, 3.05) is 11.1 Å². The number of nitrogen functional groups attached to an aromatic ring is 1. The first-order valence-electron chi connectivity index (χ1n) is 7.14. The lowest BCUT2D eigenvalue weighted by molar-refractivity contribution is -0.383. The van der Waals surface area contributed by atoms with Crippen molar-refractivity contribution in [3.63, 3.8) is 0 Å². The Morgan fingerprint density at radius 1 is 1.08 bits per heavy atom. The van der Waals surface area contributed by atoms with Gasteiger partial charge >= 0.3 is 5.69 Å². The topological polar surface area (TPSA) is 120 Å². The molecule has 0 saturated carbocycles. The highest BCUT2D eigenvalue weighted by Crippen LogP contribution is 2.35. The third-order valence-electron chi connectivity index (χ3n) is 3.33. The number of nitrogens with two attached hydrogens (primary N) is 1. The van der Waals surface area contributed by atoms with Crippen LogP contribution in [0.1, 0.15) is 5.69 Å². The Morgan fingerprint density at radius 3 is 2.50 bits per heavy atom. The van der Waals surface area contributed by atoms with Gasteiger partial charge in [-0.3, -0.25) is 15.1 Å². The van der Waals surface area contributed by atoms with Crippen molar-refractivity contribution in [2.24, 2.45) is 0 Å². The molecule has 0 aliphatic rings. The van der Waals surface area contributed by atoms with Crippen molar-refractivity contribution in [1.29, 1.82) is 0 Å². The lowest BCUT2D eigenvalue weighted by Gasteiger charge is -2.10. The van der Waals surface area contributed by atoms with Gasteiger partial charge in [-0.15, -0.1) is 0 Å². The van der Waals surface area contributed by atoms with E-state index < -0.39 is 4.92 Å². The van der Waals surface area contributed by atoms with E-state index in [4.69, 9.17) is 5.73 Å². The molecule has 3 rings (SSSR count). The van der Waals surface area contributed by atoms with E-state index in [9.17, 15) is 10.1 Å². The standard InChI is InChI=1S/C16H14N6O2/c17-14-9-12(21-10-11-4-1-2-5-18-11)8-13(15(14)22(23)24)16-19-6-3-7-20-16/h1-9,21H,10,17H2. The fourth-order valence-corrected chi connectivity index (χ4v) is 2.27. The molecule has 0 fully saturated rings. The average molecular weight is 322 g/mol. The van der Waals surface area contributed by atoms with Crippen molar-refractivity contribution >= 4 is 17.1 Å². The van der Waals surface area contributed by atoms with Crippen LogP contribution in [0.15, 0.2) is 55.0 Å². The van der Waals surface area contributed by atoms with Crippen molar-refractivity contribution < 1.29 is 4.92 Å². The largest absolute Gasteiger partial charge is 0.393 e. The monoisotopic (exact) mass is 322 g/mol. The first-order chi connectivity index (χ1) is 11.6. The van der Waals surface area contributed by atoms with Crippen LogP contribution in [0.4, 0.5) is 17.1 Å². The fourth-order valence-electron chi connectivity index (χ4n) is 2.27.